The molecule has 2 N–H and O–H groups in total. The minimum atomic E-state index is -0.456. The summed E-state index contributed by atoms with van der Waals surface area (Å²) in [5.41, 5.74) is 2.58. The van der Waals surface area contributed by atoms with Crippen molar-refractivity contribution >= 4 is 34.7 Å². The molecule has 3 aromatic rings. The van der Waals surface area contributed by atoms with Gasteiger partial charge >= 0.3 is 0 Å². The highest BCUT2D eigenvalue weighted by atomic mass is 35.5. The van der Waals surface area contributed by atoms with Gasteiger partial charge in [-0.3, -0.25) is 4.79 Å². The summed E-state index contributed by atoms with van der Waals surface area (Å²) in [5, 5.41) is 6.48. The summed E-state index contributed by atoms with van der Waals surface area (Å²) in [6, 6.07) is 14.6. The molecule has 6 heteroatoms. The van der Waals surface area contributed by atoms with Crippen LogP contribution in [-0.4, -0.2) is 10.9 Å². The fraction of sp³-hybridized carbons (Fsp3) is 0.0526. The standard InChI is InChI=1S/C19H15ClFN3O/c1-12-5-6-15(10-17(12)20)23-18-8-7-16(11-22-18)24-19(25)13-3-2-4-14(21)9-13/h2-11H,1H3,(H,22,23)(H,24,25). The first kappa shape index (κ1) is 16.9. The molecule has 0 radical (unpaired) electrons. The van der Waals surface area contributed by atoms with Gasteiger partial charge in [0.05, 0.1) is 11.9 Å². The first-order chi connectivity index (χ1) is 12.0. The molecule has 1 amide bonds. The van der Waals surface area contributed by atoms with E-state index in [-0.39, 0.29) is 5.56 Å². The fourth-order valence-corrected chi connectivity index (χ4v) is 2.37. The molecule has 126 valence electrons. The molecule has 0 aliphatic carbocycles. The molecule has 0 saturated carbocycles. The van der Waals surface area contributed by atoms with Crippen LogP contribution in [0.1, 0.15) is 15.9 Å². The Kier molecular flexibility index (Phi) is 4.95. The van der Waals surface area contributed by atoms with Gasteiger partial charge in [-0.15, -0.1) is 0 Å². The van der Waals surface area contributed by atoms with Crippen molar-refractivity contribution in [1.29, 1.82) is 0 Å². The molecule has 1 heterocycles. The number of aromatic nitrogens is 1. The van der Waals surface area contributed by atoms with E-state index in [1.807, 2.05) is 25.1 Å². The van der Waals surface area contributed by atoms with Crippen LogP contribution in [0, 0.1) is 12.7 Å². The van der Waals surface area contributed by atoms with E-state index in [0.717, 1.165) is 11.3 Å². The van der Waals surface area contributed by atoms with Crippen molar-refractivity contribution in [2.45, 2.75) is 6.92 Å². The predicted octanol–water partition coefficient (Wildman–Crippen LogP) is 5.18. The van der Waals surface area contributed by atoms with Gasteiger partial charge in [-0.1, -0.05) is 23.7 Å². The summed E-state index contributed by atoms with van der Waals surface area (Å²) in [7, 11) is 0. The van der Waals surface area contributed by atoms with Gasteiger partial charge in [0.15, 0.2) is 0 Å². The Hall–Kier alpha value is -2.92. The second kappa shape index (κ2) is 7.32. The van der Waals surface area contributed by atoms with Crippen molar-refractivity contribution in [3.8, 4) is 0 Å². The molecule has 4 nitrogen and oxygen atoms in total. The third-order valence-electron chi connectivity index (χ3n) is 3.55. The average molecular weight is 356 g/mol. The lowest BCUT2D eigenvalue weighted by atomic mass is 10.2. The van der Waals surface area contributed by atoms with Gasteiger partial charge in [0, 0.05) is 16.3 Å². The van der Waals surface area contributed by atoms with Crippen LogP contribution in [0.25, 0.3) is 0 Å². The maximum atomic E-state index is 13.2. The summed E-state index contributed by atoms with van der Waals surface area (Å²) >= 11 is 6.10. The lowest BCUT2D eigenvalue weighted by Crippen LogP contribution is -2.12. The Morgan fingerprint density at radius 1 is 1.08 bits per heavy atom. The summed E-state index contributed by atoms with van der Waals surface area (Å²) in [6.45, 7) is 1.93. The van der Waals surface area contributed by atoms with Crippen LogP contribution in [0.4, 0.5) is 21.6 Å². The van der Waals surface area contributed by atoms with Gasteiger partial charge in [-0.05, 0) is 55.0 Å². The highest BCUT2D eigenvalue weighted by Crippen LogP contribution is 2.23. The number of hydrogen-bond acceptors (Lipinski definition) is 3. The second-order valence-corrected chi connectivity index (χ2v) is 5.89. The van der Waals surface area contributed by atoms with E-state index in [1.54, 1.807) is 18.2 Å². The largest absolute Gasteiger partial charge is 0.340 e. The molecular weight excluding hydrogens is 341 g/mol. The summed E-state index contributed by atoms with van der Waals surface area (Å²) in [6.07, 6.45) is 1.52. The zero-order valence-electron chi connectivity index (χ0n) is 13.4. The van der Waals surface area contributed by atoms with Crippen molar-refractivity contribution in [1.82, 2.24) is 4.98 Å². The van der Waals surface area contributed by atoms with E-state index >= 15 is 0 Å². The molecule has 0 unspecified atom stereocenters. The van der Waals surface area contributed by atoms with Crippen molar-refractivity contribution in [3.05, 3.63) is 82.8 Å². The quantitative estimate of drug-likeness (QED) is 0.678. The Morgan fingerprint density at radius 3 is 2.56 bits per heavy atom. The van der Waals surface area contributed by atoms with E-state index in [2.05, 4.69) is 15.6 Å². The minimum Gasteiger partial charge on any atom is -0.340 e. The summed E-state index contributed by atoms with van der Waals surface area (Å²) < 4.78 is 13.2. The predicted molar refractivity (Wildman–Crippen MR) is 98.1 cm³/mol. The van der Waals surface area contributed by atoms with E-state index in [1.165, 1.54) is 24.4 Å². The third kappa shape index (κ3) is 4.33. The molecule has 2 aromatic carbocycles. The number of aryl methyl sites for hydroxylation is 1. The van der Waals surface area contributed by atoms with Crippen LogP contribution < -0.4 is 10.6 Å². The molecule has 0 bridgehead atoms. The number of pyridine rings is 1. The van der Waals surface area contributed by atoms with E-state index in [9.17, 15) is 9.18 Å². The number of nitrogens with zero attached hydrogens (tertiary/aromatic N) is 1. The van der Waals surface area contributed by atoms with Gasteiger partial charge in [-0.2, -0.15) is 0 Å². The van der Waals surface area contributed by atoms with Crippen LogP contribution >= 0.6 is 11.6 Å². The van der Waals surface area contributed by atoms with Gasteiger partial charge in [0.2, 0.25) is 0 Å². The molecule has 0 atom stereocenters. The Morgan fingerprint density at radius 2 is 1.88 bits per heavy atom. The molecule has 0 saturated heterocycles. The number of benzene rings is 2. The number of halogens is 2. The van der Waals surface area contributed by atoms with Crippen LogP contribution in [0.2, 0.25) is 5.02 Å². The molecule has 25 heavy (non-hydrogen) atoms. The van der Waals surface area contributed by atoms with E-state index < -0.39 is 11.7 Å². The molecule has 0 aliphatic rings. The topological polar surface area (TPSA) is 54.0 Å². The SMILES string of the molecule is Cc1ccc(Nc2ccc(NC(=O)c3cccc(F)c3)cn2)cc1Cl. The van der Waals surface area contributed by atoms with E-state index in [4.69, 9.17) is 11.6 Å². The smallest absolute Gasteiger partial charge is 0.255 e. The Labute approximate surface area is 149 Å². The van der Waals surface area contributed by atoms with Gasteiger partial charge in [0.25, 0.3) is 5.91 Å². The third-order valence-corrected chi connectivity index (χ3v) is 3.96. The zero-order valence-corrected chi connectivity index (χ0v) is 14.1. The highest BCUT2D eigenvalue weighted by molar-refractivity contribution is 6.31. The first-order valence-corrected chi connectivity index (χ1v) is 7.95. The van der Waals surface area contributed by atoms with Gasteiger partial charge in [-0.25, -0.2) is 9.37 Å². The number of rotatable bonds is 4. The van der Waals surface area contributed by atoms with Crippen molar-refractivity contribution in [3.63, 3.8) is 0 Å². The minimum absolute atomic E-state index is 0.247. The summed E-state index contributed by atoms with van der Waals surface area (Å²) in [5.74, 6) is -0.238. The molecule has 3 rings (SSSR count). The highest BCUT2D eigenvalue weighted by Gasteiger charge is 2.07. The van der Waals surface area contributed by atoms with Gasteiger partial charge in [0.1, 0.15) is 11.6 Å². The van der Waals surface area contributed by atoms with Gasteiger partial charge < -0.3 is 10.6 Å². The fourth-order valence-electron chi connectivity index (χ4n) is 2.19. The monoisotopic (exact) mass is 355 g/mol. The number of nitrogens with one attached hydrogen (secondary N) is 2. The number of carbonyl (C=O) groups excluding carboxylic acids is 1. The second-order valence-electron chi connectivity index (χ2n) is 5.49. The molecular formula is C19H15ClFN3O. The number of amides is 1. The lowest BCUT2D eigenvalue weighted by Gasteiger charge is -2.09. The number of hydrogen-bond donors (Lipinski definition) is 2. The number of carbonyl (C=O) groups is 1. The van der Waals surface area contributed by atoms with Crippen molar-refractivity contribution < 1.29 is 9.18 Å². The molecule has 0 spiro atoms. The van der Waals surface area contributed by atoms with Crippen LogP contribution in [0.5, 0.6) is 0 Å². The Bertz CT molecular complexity index is 913. The lowest BCUT2D eigenvalue weighted by molar-refractivity contribution is 0.102. The van der Waals surface area contributed by atoms with Crippen LogP contribution in [0.15, 0.2) is 60.8 Å². The normalized spacial score (nSPS) is 10.4. The maximum Gasteiger partial charge on any atom is 0.255 e. The van der Waals surface area contributed by atoms with Crippen LogP contribution in [-0.2, 0) is 0 Å². The van der Waals surface area contributed by atoms with E-state index in [0.29, 0.717) is 16.5 Å². The van der Waals surface area contributed by atoms with Crippen molar-refractivity contribution in [2.75, 3.05) is 10.6 Å². The molecule has 0 aliphatic heterocycles. The molecule has 1 aromatic heterocycles. The van der Waals surface area contributed by atoms with Crippen molar-refractivity contribution in [2.24, 2.45) is 0 Å². The zero-order chi connectivity index (χ0) is 17.8. The Balaban J connectivity index is 1.67. The molecule has 0 fully saturated rings. The average Bonchev–Trinajstić information content (AvgIpc) is 2.60. The summed E-state index contributed by atoms with van der Waals surface area (Å²) in [4.78, 5) is 16.3. The maximum absolute atomic E-state index is 13.2. The number of anilines is 3. The first-order valence-electron chi connectivity index (χ1n) is 7.57. The van der Waals surface area contributed by atoms with Crippen LogP contribution in [0.3, 0.4) is 0 Å².